The van der Waals surface area contributed by atoms with Crippen LogP contribution in [0.1, 0.15) is 0 Å². The monoisotopic (exact) mass is 254 g/mol. The maximum Gasteiger partial charge on any atom is 0.159 e. The lowest BCUT2D eigenvalue weighted by atomic mass is 10.1. The first kappa shape index (κ1) is 10.8. The third kappa shape index (κ3) is 1.66. The van der Waals surface area contributed by atoms with Gasteiger partial charge in [-0.3, -0.25) is 0 Å². The van der Waals surface area contributed by atoms with Gasteiger partial charge in [-0.1, -0.05) is 0 Å². The van der Waals surface area contributed by atoms with Crippen LogP contribution in [0.25, 0.3) is 21.9 Å². The van der Waals surface area contributed by atoms with Gasteiger partial charge in [-0.25, -0.2) is 9.97 Å². The van der Waals surface area contributed by atoms with E-state index in [1.54, 1.807) is 0 Å². The molecule has 0 atom stereocenters. The van der Waals surface area contributed by atoms with Gasteiger partial charge in [0, 0.05) is 41.9 Å². The third-order valence-corrected chi connectivity index (χ3v) is 3.62. The third-order valence-electron chi connectivity index (χ3n) is 3.62. The van der Waals surface area contributed by atoms with Crippen molar-refractivity contribution in [1.29, 1.82) is 0 Å². The highest BCUT2D eigenvalue weighted by molar-refractivity contribution is 6.09. The fraction of sp³-hybridized carbons (Fsp3) is 0.286. The number of aromatic amines is 1. The molecule has 0 bridgehead atoms. The summed E-state index contributed by atoms with van der Waals surface area (Å²) in [6.45, 7) is 3.43. The number of rotatable bonds is 1. The summed E-state index contributed by atoms with van der Waals surface area (Å²) in [6, 6.07) is 4.16. The second kappa shape index (κ2) is 4.20. The normalized spacial score (nSPS) is 16.3. The van der Waals surface area contributed by atoms with Gasteiger partial charge >= 0.3 is 0 Å². The van der Waals surface area contributed by atoms with Gasteiger partial charge < -0.3 is 14.6 Å². The molecule has 0 aliphatic carbocycles. The standard InChI is InChI=1S/C14H14N4O/c1-3-16-14-10(1)13-11(9-17-14)15-4-2-12(13)18-5-7-19-8-6-18/h1-4,9,15H,5-8H2. The zero-order chi connectivity index (χ0) is 12.7. The van der Waals surface area contributed by atoms with Gasteiger partial charge in [0.15, 0.2) is 5.65 Å². The Balaban J connectivity index is 2.00. The van der Waals surface area contributed by atoms with Crippen molar-refractivity contribution in [2.45, 2.75) is 0 Å². The molecule has 19 heavy (non-hydrogen) atoms. The molecule has 1 aliphatic rings. The summed E-state index contributed by atoms with van der Waals surface area (Å²) in [5.41, 5.74) is 3.09. The summed E-state index contributed by atoms with van der Waals surface area (Å²) >= 11 is 0. The first-order valence-electron chi connectivity index (χ1n) is 6.47. The molecule has 0 unspecified atom stereocenters. The lowest BCUT2D eigenvalue weighted by Crippen LogP contribution is -2.36. The van der Waals surface area contributed by atoms with Crippen molar-refractivity contribution in [2.75, 3.05) is 31.2 Å². The summed E-state index contributed by atoms with van der Waals surface area (Å²) in [6.07, 6.45) is 5.64. The van der Waals surface area contributed by atoms with Crippen molar-refractivity contribution >= 4 is 27.6 Å². The Morgan fingerprint density at radius 3 is 2.95 bits per heavy atom. The maximum absolute atomic E-state index is 5.43. The highest BCUT2D eigenvalue weighted by Gasteiger charge is 2.16. The number of hydrogen-bond donors (Lipinski definition) is 1. The van der Waals surface area contributed by atoms with Crippen LogP contribution in [0.3, 0.4) is 0 Å². The predicted octanol–water partition coefficient (Wildman–Crippen LogP) is 1.95. The molecule has 0 spiro atoms. The van der Waals surface area contributed by atoms with E-state index in [0.717, 1.165) is 42.9 Å². The molecule has 5 nitrogen and oxygen atoms in total. The minimum Gasteiger partial charge on any atom is -0.378 e. The Kier molecular flexibility index (Phi) is 2.38. The molecule has 0 saturated carbocycles. The summed E-state index contributed by atoms with van der Waals surface area (Å²) < 4.78 is 5.43. The van der Waals surface area contributed by atoms with Gasteiger partial charge in [-0.2, -0.15) is 0 Å². The Morgan fingerprint density at radius 2 is 2.05 bits per heavy atom. The van der Waals surface area contributed by atoms with E-state index in [0.29, 0.717) is 0 Å². The molecule has 1 fully saturated rings. The molecule has 4 rings (SSSR count). The Labute approximate surface area is 110 Å². The van der Waals surface area contributed by atoms with Crippen molar-refractivity contribution in [3.05, 3.63) is 30.7 Å². The molecule has 5 heteroatoms. The van der Waals surface area contributed by atoms with E-state index in [1.807, 2.05) is 24.7 Å². The average Bonchev–Trinajstić information content (AvgIpc) is 2.96. The summed E-state index contributed by atoms with van der Waals surface area (Å²) in [5, 5.41) is 2.31. The van der Waals surface area contributed by atoms with E-state index in [1.165, 1.54) is 11.1 Å². The molecular formula is C14H14N4O. The van der Waals surface area contributed by atoms with Crippen LogP contribution < -0.4 is 4.90 Å². The van der Waals surface area contributed by atoms with Gasteiger partial charge in [0.05, 0.1) is 24.9 Å². The number of pyridine rings is 2. The molecule has 1 saturated heterocycles. The Morgan fingerprint density at radius 1 is 1.16 bits per heavy atom. The van der Waals surface area contributed by atoms with Crippen molar-refractivity contribution in [2.24, 2.45) is 0 Å². The predicted molar refractivity (Wildman–Crippen MR) is 74.4 cm³/mol. The quantitative estimate of drug-likeness (QED) is 0.721. The number of aromatic nitrogens is 3. The number of morpholine rings is 1. The number of nitrogens with zero attached hydrogens (tertiary/aromatic N) is 3. The molecule has 4 heterocycles. The van der Waals surface area contributed by atoms with Crippen molar-refractivity contribution in [3.63, 3.8) is 0 Å². The van der Waals surface area contributed by atoms with Crippen LogP contribution in [0, 0.1) is 0 Å². The largest absolute Gasteiger partial charge is 0.378 e. The van der Waals surface area contributed by atoms with Crippen molar-refractivity contribution in [1.82, 2.24) is 15.0 Å². The van der Waals surface area contributed by atoms with Crippen LogP contribution in [0.5, 0.6) is 0 Å². The average molecular weight is 254 g/mol. The molecule has 3 aromatic heterocycles. The molecule has 96 valence electrons. The highest BCUT2D eigenvalue weighted by Crippen LogP contribution is 2.31. The first-order valence-corrected chi connectivity index (χ1v) is 6.47. The van der Waals surface area contributed by atoms with E-state index >= 15 is 0 Å². The second-order valence-electron chi connectivity index (χ2n) is 4.69. The number of fused-ring (bicyclic) bond motifs is 3. The fourth-order valence-corrected chi connectivity index (χ4v) is 2.71. The van der Waals surface area contributed by atoms with Gasteiger partial charge in [0.25, 0.3) is 0 Å². The van der Waals surface area contributed by atoms with Crippen LogP contribution in [-0.2, 0) is 4.74 Å². The number of anilines is 1. The summed E-state index contributed by atoms with van der Waals surface area (Å²) in [4.78, 5) is 14.3. The number of hydrogen-bond acceptors (Lipinski definition) is 4. The van der Waals surface area contributed by atoms with E-state index in [4.69, 9.17) is 4.74 Å². The van der Waals surface area contributed by atoms with E-state index in [-0.39, 0.29) is 0 Å². The number of H-pyrrole nitrogens is 1. The maximum atomic E-state index is 5.43. The molecule has 1 aliphatic heterocycles. The first-order chi connectivity index (χ1) is 9.43. The molecule has 1 N–H and O–H groups in total. The van der Waals surface area contributed by atoms with Gasteiger partial charge in [-0.05, 0) is 12.1 Å². The van der Waals surface area contributed by atoms with Crippen LogP contribution in [0.15, 0.2) is 30.7 Å². The minimum absolute atomic E-state index is 0.785. The van der Waals surface area contributed by atoms with Crippen molar-refractivity contribution in [3.8, 4) is 0 Å². The summed E-state index contributed by atoms with van der Waals surface area (Å²) in [7, 11) is 0. The zero-order valence-corrected chi connectivity index (χ0v) is 10.5. The Hall–Kier alpha value is -2.14. The molecular weight excluding hydrogens is 240 g/mol. The van der Waals surface area contributed by atoms with Gasteiger partial charge in [-0.15, -0.1) is 0 Å². The highest BCUT2D eigenvalue weighted by atomic mass is 16.5. The molecule has 0 radical (unpaired) electrons. The smallest absolute Gasteiger partial charge is 0.159 e. The van der Waals surface area contributed by atoms with E-state index in [2.05, 4.69) is 25.9 Å². The van der Waals surface area contributed by atoms with Crippen LogP contribution in [0.4, 0.5) is 5.69 Å². The van der Waals surface area contributed by atoms with Crippen LogP contribution in [0.2, 0.25) is 0 Å². The molecule has 0 amide bonds. The lowest BCUT2D eigenvalue weighted by molar-refractivity contribution is 0.123. The lowest BCUT2D eigenvalue weighted by Gasteiger charge is -2.29. The van der Waals surface area contributed by atoms with E-state index in [9.17, 15) is 0 Å². The number of nitrogens with one attached hydrogen (secondary N) is 1. The second-order valence-corrected chi connectivity index (χ2v) is 4.69. The molecule has 0 aromatic carbocycles. The fourth-order valence-electron chi connectivity index (χ4n) is 2.71. The van der Waals surface area contributed by atoms with Crippen LogP contribution in [-0.4, -0.2) is 41.3 Å². The minimum atomic E-state index is 0.785. The van der Waals surface area contributed by atoms with Gasteiger partial charge in [0.2, 0.25) is 0 Å². The molecule has 3 aromatic rings. The Bertz CT molecular complexity index is 730. The zero-order valence-electron chi connectivity index (χ0n) is 10.5. The SMILES string of the molecule is c1cc2c(n1)ncc1[nH]ccc(N3CCOCC3)c12. The van der Waals surface area contributed by atoms with Crippen molar-refractivity contribution < 1.29 is 4.74 Å². The summed E-state index contributed by atoms with van der Waals surface area (Å²) in [5.74, 6) is 0. The number of ether oxygens (including phenoxy) is 1. The van der Waals surface area contributed by atoms with Gasteiger partial charge in [0.1, 0.15) is 0 Å². The topological polar surface area (TPSA) is 54.0 Å². The van der Waals surface area contributed by atoms with Crippen LogP contribution >= 0.6 is 0 Å². The van der Waals surface area contributed by atoms with E-state index < -0.39 is 0 Å².